The molecule has 1 aliphatic rings. The van der Waals surface area contributed by atoms with Crippen LogP contribution in [0, 0.1) is 12.3 Å². The first-order valence-corrected chi connectivity index (χ1v) is 8.50. The number of aryl methyl sites for hydroxylation is 1. The number of oxazole rings is 1. The number of hydrogen-bond acceptors (Lipinski definition) is 4. The average Bonchev–Trinajstić information content (AvgIpc) is 2.90. The summed E-state index contributed by atoms with van der Waals surface area (Å²) >= 11 is 5.88. The molecule has 0 bridgehead atoms. The van der Waals surface area contributed by atoms with Crippen LogP contribution in [-0.2, 0) is 16.1 Å². The maximum atomic E-state index is 12.1. The van der Waals surface area contributed by atoms with Crippen LogP contribution in [0.25, 0.3) is 11.3 Å². The van der Waals surface area contributed by atoms with Gasteiger partial charge in [-0.2, -0.15) is 0 Å². The van der Waals surface area contributed by atoms with Gasteiger partial charge in [-0.05, 0) is 44.0 Å². The van der Waals surface area contributed by atoms with Crippen LogP contribution in [-0.4, -0.2) is 22.0 Å². The first-order valence-electron chi connectivity index (χ1n) is 8.12. The van der Waals surface area contributed by atoms with E-state index >= 15 is 0 Å². The summed E-state index contributed by atoms with van der Waals surface area (Å²) in [6.07, 6.45) is 1.94. The minimum Gasteiger partial charge on any atom is -0.481 e. The molecule has 0 unspecified atom stereocenters. The Morgan fingerprint density at radius 3 is 2.56 bits per heavy atom. The fourth-order valence-electron chi connectivity index (χ4n) is 3.01. The Labute approximate surface area is 150 Å². The number of aliphatic carboxylic acids is 1. The molecule has 0 radical (unpaired) electrons. The van der Waals surface area contributed by atoms with Gasteiger partial charge in [0.1, 0.15) is 0 Å². The van der Waals surface area contributed by atoms with Crippen molar-refractivity contribution in [1.29, 1.82) is 0 Å². The minimum absolute atomic E-state index is 0.00787. The highest BCUT2D eigenvalue weighted by Gasteiger charge is 2.45. The maximum Gasteiger partial charge on any atom is 0.310 e. The van der Waals surface area contributed by atoms with Gasteiger partial charge in [0.25, 0.3) is 0 Å². The molecular formula is C18H19ClN2O4. The summed E-state index contributed by atoms with van der Waals surface area (Å²) in [6.45, 7) is 1.95. The second-order valence-electron chi connectivity index (χ2n) is 6.42. The molecule has 7 heteroatoms. The molecular weight excluding hydrogens is 344 g/mol. The van der Waals surface area contributed by atoms with E-state index in [4.69, 9.17) is 16.0 Å². The zero-order valence-electron chi connectivity index (χ0n) is 13.8. The Bertz CT molecular complexity index is 794. The Balaban J connectivity index is 1.62. The van der Waals surface area contributed by atoms with Gasteiger partial charge in [-0.3, -0.25) is 9.59 Å². The maximum absolute atomic E-state index is 12.1. The quantitative estimate of drug-likeness (QED) is 0.819. The lowest BCUT2D eigenvalue weighted by atomic mass is 9.66. The lowest BCUT2D eigenvalue weighted by Gasteiger charge is -2.36. The number of carbonyl (C=O) groups excluding carboxylic acids is 1. The summed E-state index contributed by atoms with van der Waals surface area (Å²) in [4.78, 5) is 27.7. The number of carboxylic acids is 1. The zero-order valence-corrected chi connectivity index (χ0v) is 14.6. The summed E-state index contributed by atoms with van der Waals surface area (Å²) in [7, 11) is 0. The van der Waals surface area contributed by atoms with Crippen molar-refractivity contribution < 1.29 is 19.1 Å². The van der Waals surface area contributed by atoms with Gasteiger partial charge in [0.2, 0.25) is 11.8 Å². The van der Waals surface area contributed by atoms with Gasteiger partial charge in [0, 0.05) is 17.0 Å². The van der Waals surface area contributed by atoms with Crippen molar-refractivity contribution in [2.75, 3.05) is 0 Å². The third kappa shape index (κ3) is 3.69. The lowest BCUT2D eigenvalue weighted by Crippen LogP contribution is -2.42. The fourth-order valence-corrected chi connectivity index (χ4v) is 3.14. The normalized spacial score (nSPS) is 15.4. The molecule has 2 aromatic rings. The number of nitrogens with one attached hydrogen (secondary N) is 1. The monoisotopic (exact) mass is 362 g/mol. The first-order chi connectivity index (χ1) is 11.9. The van der Waals surface area contributed by atoms with Gasteiger partial charge in [0.05, 0.1) is 17.7 Å². The number of hydrogen-bond donors (Lipinski definition) is 2. The minimum atomic E-state index is -0.898. The summed E-state index contributed by atoms with van der Waals surface area (Å²) < 4.78 is 5.72. The standard InChI is InChI=1S/C18H19ClN2O4/c1-11-16(12-3-5-13(19)6-4-12)25-15(21-11)10-20-14(22)9-18(17(23)24)7-2-8-18/h3-6H,2,7-10H2,1H3,(H,20,22)(H,23,24). The van der Waals surface area contributed by atoms with E-state index in [0.717, 1.165) is 12.0 Å². The van der Waals surface area contributed by atoms with Crippen LogP contribution in [0.4, 0.5) is 0 Å². The van der Waals surface area contributed by atoms with Crippen LogP contribution in [0.15, 0.2) is 28.7 Å². The van der Waals surface area contributed by atoms with Gasteiger partial charge in [-0.15, -0.1) is 0 Å². The van der Waals surface area contributed by atoms with E-state index in [1.165, 1.54) is 0 Å². The van der Waals surface area contributed by atoms with E-state index in [0.29, 0.717) is 35.2 Å². The van der Waals surface area contributed by atoms with Gasteiger partial charge >= 0.3 is 5.97 Å². The number of carboxylic acid groups (broad SMARTS) is 1. The number of halogens is 1. The number of carbonyl (C=O) groups is 2. The molecule has 1 fully saturated rings. The number of amides is 1. The number of benzene rings is 1. The number of aromatic nitrogens is 1. The summed E-state index contributed by atoms with van der Waals surface area (Å²) in [6, 6.07) is 7.21. The molecule has 3 rings (SSSR count). The molecule has 6 nitrogen and oxygen atoms in total. The third-order valence-electron chi connectivity index (χ3n) is 4.65. The van der Waals surface area contributed by atoms with E-state index in [-0.39, 0.29) is 18.9 Å². The van der Waals surface area contributed by atoms with Crippen molar-refractivity contribution in [3.63, 3.8) is 0 Å². The predicted octanol–water partition coefficient (Wildman–Crippen LogP) is 3.56. The van der Waals surface area contributed by atoms with Crippen LogP contribution < -0.4 is 5.32 Å². The molecule has 1 aromatic carbocycles. The Morgan fingerprint density at radius 1 is 1.32 bits per heavy atom. The highest BCUT2D eigenvalue weighted by molar-refractivity contribution is 6.30. The van der Waals surface area contributed by atoms with Gasteiger partial charge in [0.15, 0.2) is 5.76 Å². The topological polar surface area (TPSA) is 92.4 Å². The fraction of sp³-hybridized carbons (Fsp3) is 0.389. The Hall–Kier alpha value is -2.34. The molecule has 1 aromatic heterocycles. The van der Waals surface area contributed by atoms with Gasteiger partial charge in [-0.1, -0.05) is 18.0 Å². The van der Waals surface area contributed by atoms with Gasteiger partial charge in [-0.25, -0.2) is 4.98 Å². The highest BCUT2D eigenvalue weighted by atomic mass is 35.5. The first kappa shape index (κ1) is 17.5. The molecule has 0 atom stereocenters. The molecule has 0 aliphatic heterocycles. The summed E-state index contributed by atoms with van der Waals surface area (Å²) in [5.41, 5.74) is 0.671. The van der Waals surface area contributed by atoms with Crippen molar-refractivity contribution in [2.24, 2.45) is 5.41 Å². The average molecular weight is 363 g/mol. The van der Waals surface area contributed by atoms with Crippen molar-refractivity contribution in [2.45, 2.75) is 39.2 Å². The van der Waals surface area contributed by atoms with Crippen LogP contribution in [0.2, 0.25) is 5.02 Å². The van der Waals surface area contributed by atoms with Crippen LogP contribution in [0.1, 0.15) is 37.3 Å². The summed E-state index contributed by atoms with van der Waals surface area (Å²) in [5.74, 6) is -0.187. The molecule has 1 amide bonds. The van der Waals surface area contributed by atoms with Crippen LogP contribution in [0.3, 0.4) is 0 Å². The van der Waals surface area contributed by atoms with Crippen molar-refractivity contribution in [3.8, 4) is 11.3 Å². The smallest absolute Gasteiger partial charge is 0.310 e. The Kier molecular flexibility index (Phi) is 4.81. The van der Waals surface area contributed by atoms with Crippen molar-refractivity contribution in [3.05, 3.63) is 40.9 Å². The van der Waals surface area contributed by atoms with Gasteiger partial charge < -0.3 is 14.8 Å². The predicted molar refractivity (Wildman–Crippen MR) is 92.1 cm³/mol. The molecule has 25 heavy (non-hydrogen) atoms. The van der Waals surface area contributed by atoms with E-state index in [1.807, 2.05) is 19.1 Å². The highest BCUT2D eigenvalue weighted by Crippen LogP contribution is 2.44. The number of nitrogens with zero attached hydrogens (tertiary/aromatic N) is 1. The van der Waals surface area contributed by atoms with Crippen molar-refractivity contribution in [1.82, 2.24) is 10.3 Å². The molecule has 1 heterocycles. The molecule has 2 N–H and O–H groups in total. The molecule has 0 spiro atoms. The number of rotatable bonds is 6. The van der Waals surface area contributed by atoms with Crippen LogP contribution >= 0.6 is 11.6 Å². The lowest BCUT2D eigenvalue weighted by molar-refractivity contribution is -0.157. The van der Waals surface area contributed by atoms with E-state index in [9.17, 15) is 14.7 Å². The zero-order chi connectivity index (χ0) is 18.0. The second-order valence-corrected chi connectivity index (χ2v) is 6.86. The van der Waals surface area contributed by atoms with Crippen LogP contribution in [0.5, 0.6) is 0 Å². The Morgan fingerprint density at radius 2 is 2.00 bits per heavy atom. The SMILES string of the molecule is Cc1nc(CNC(=O)CC2(C(=O)O)CCC2)oc1-c1ccc(Cl)cc1. The van der Waals surface area contributed by atoms with E-state index in [2.05, 4.69) is 10.3 Å². The second kappa shape index (κ2) is 6.88. The van der Waals surface area contributed by atoms with Crippen molar-refractivity contribution >= 4 is 23.5 Å². The third-order valence-corrected chi connectivity index (χ3v) is 4.90. The molecule has 132 valence electrons. The van der Waals surface area contributed by atoms with E-state index < -0.39 is 11.4 Å². The molecule has 1 aliphatic carbocycles. The molecule has 1 saturated carbocycles. The summed E-state index contributed by atoms with van der Waals surface area (Å²) in [5, 5.41) is 12.6. The van der Waals surface area contributed by atoms with E-state index in [1.54, 1.807) is 12.1 Å². The largest absolute Gasteiger partial charge is 0.481 e. The molecule has 0 saturated heterocycles.